The molecule has 1 aromatic rings. The normalized spacial score (nSPS) is 20.7. The minimum atomic E-state index is -0.324. The predicted octanol–water partition coefficient (Wildman–Crippen LogP) is 3.95. The fraction of sp³-hybridized carbons (Fsp3) is 0.556. The summed E-state index contributed by atoms with van der Waals surface area (Å²) in [5.41, 5.74) is 0.898. The zero-order valence-corrected chi connectivity index (χ0v) is 16.6. The molecule has 0 spiro atoms. The van der Waals surface area contributed by atoms with Crippen LogP contribution in [0.1, 0.15) is 50.7 Å². The second-order valence-corrected chi connectivity index (χ2v) is 6.21. The lowest BCUT2D eigenvalue weighted by molar-refractivity contribution is 0.329. The van der Waals surface area contributed by atoms with Crippen LogP contribution in [0.25, 0.3) is 0 Å². The van der Waals surface area contributed by atoms with E-state index in [4.69, 9.17) is 5.26 Å². The Hall–Kier alpha value is -1.36. The Morgan fingerprint density at radius 2 is 2.04 bits per heavy atom. The maximum absolute atomic E-state index is 13.8. The second kappa shape index (κ2) is 10.5. The van der Waals surface area contributed by atoms with Gasteiger partial charge in [0.2, 0.25) is 0 Å². The summed E-state index contributed by atoms with van der Waals surface area (Å²) in [6, 6.07) is 6.83. The van der Waals surface area contributed by atoms with Gasteiger partial charge in [-0.1, -0.05) is 6.92 Å². The van der Waals surface area contributed by atoms with Crippen molar-refractivity contribution in [1.29, 1.82) is 5.26 Å². The van der Waals surface area contributed by atoms with Crippen molar-refractivity contribution in [2.75, 3.05) is 6.54 Å². The Kier molecular flexibility index (Phi) is 9.04. The number of aliphatic imine (C=N–C) groups is 1. The maximum Gasteiger partial charge on any atom is 0.191 e. The first-order valence-electron chi connectivity index (χ1n) is 8.35. The standard InChI is InChI=1S/C18H25FN4.HI/c1-3-21-18(23-16-7-4-13(2)5-8-16)22-12-15-10-14(11-20)6-9-17(15)19;/h6,9-10,13,16H,3-5,7-8,12H2,1-2H3,(H2,21,22,23);1H. The Morgan fingerprint density at radius 3 is 2.67 bits per heavy atom. The van der Waals surface area contributed by atoms with Gasteiger partial charge in [-0.25, -0.2) is 9.38 Å². The van der Waals surface area contributed by atoms with E-state index in [1.807, 2.05) is 13.0 Å². The number of benzene rings is 1. The molecule has 1 saturated carbocycles. The van der Waals surface area contributed by atoms with Gasteiger partial charge in [0.05, 0.1) is 18.2 Å². The van der Waals surface area contributed by atoms with Crippen molar-refractivity contribution in [1.82, 2.24) is 10.6 Å². The summed E-state index contributed by atoms with van der Waals surface area (Å²) in [5, 5.41) is 15.6. The Labute approximate surface area is 161 Å². The summed E-state index contributed by atoms with van der Waals surface area (Å²) in [5.74, 6) is 1.19. The van der Waals surface area contributed by atoms with E-state index >= 15 is 0 Å². The third-order valence-electron chi connectivity index (χ3n) is 4.28. The molecule has 0 saturated heterocycles. The first-order chi connectivity index (χ1) is 11.1. The van der Waals surface area contributed by atoms with Crippen LogP contribution in [0.4, 0.5) is 4.39 Å². The summed E-state index contributed by atoms with van der Waals surface area (Å²) < 4.78 is 13.8. The van der Waals surface area contributed by atoms with Gasteiger partial charge in [0.25, 0.3) is 0 Å². The zero-order valence-electron chi connectivity index (χ0n) is 14.3. The van der Waals surface area contributed by atoms with Crippen LogP contribution in [-0.4, -0.2) is 18.5 Å². The van der Waals surface area contributed by atoms with Crippen LogP contribution in [0.5, 0.6) is 0 Å². The van der Waals surface area contributed by atoms with E-state index in [1.54, 1.807) is 6.07 Å². The second-order valence-electron chi connectivity index (χ2n) is 6.21. The number of nitriles is 1. The van der Waals surface area contributed by atoms with E-state index in [0.29, 0.717) is 23.1 Å². The average Bonchev–Trinajstić information content (AvgIpc) is 2.56. The van der Waals surface area contributed by atoms with Gasteiger partial charge >= 0.3 is 0 Å². The number of hydrogen-bond donors (Lipinski definition) is 2. The average molecular weight is 444 g/mol. The smallest absolute Gasteiger partial charge is 0.191 e. The molecule has 0 heterocycles. The topological polar surface area (TPSA) is 60.2 Å². The van der Waals surface area contributed by atoms with Crippen LogP contribution >= 0.6 is 24.0 Å². The van der Waals surface area contributed by atoms with Crippen LogP contribution in [0, 0.1) is 23.1 Å². The lowest BCUT2D eigenvalue weighted by atomic mass is 9.87. The number of nitrogens with zero attached hydrogens (tertiary/aromatic N) is 2. The number of hydrogen-bond acceptors (Lipinski definition) is 2. The van der Waals surface area contributed by atoms with Crippen molar-refractivity contribution in [2.24, 2.45) is 10.9 Å². The van der Waals surface area contributed by atoms with Gasteiger partial charge in [-0.2, -0.15) is 5.26 Å². The molecule has 1 aliphatic rings. The SMILES string of the molecule is CCNC(=NCc1cc(C#N)ccc1F)NC1CCC(C)CC1.I. The molecule has 1 aromatic carbocycles. The molecule has 4 nitrogen and oxygen atoms in total. The number of halogens is 2. The van der Waals surface area contributed by atoms with E-state index in [0.717, 1.165) is 25.3 Å². The molecule has 0 atom stereocenters. The molecule has 0 bridgehead atoms. The van der Waals surface area contributed by atoms with Crippen molar-refractivity contribution in [2.45, 2.75) is 52.1 Å². The molecule has 0 unspecified atom stereocenters. The molecule has 6 heteroatoms. The van der Waals surface area contributed by atoms with E-state index in [2.05, 4.69) is 22.5 Å². The molecule has 1 aliphatic carbocycles. The predicted molar refractivity (Wildman–Crippen MR) is 106 cm³/mol. The van der Waals surface area contributed by atoms with Crippen molar-refractivity contribution in [3.63, 3.8) is 0 Å². The van der Waals surface area contributed by atoms with Gasteiger partial charge in [0, 0.05) is 18.2 Å². The Balaban J connectivity index is 0.00000288. The van der Waals surface area contributed by atoms with Crippen LogP contribution in [0.2, 0.25) is 0 Å². The van der Waals surface area contributed by atoms with Crippen molar-refractivity contribution in [3.05, 3.63) is 35.1 Å². The summed E-state index contributed by atoms with van der Waals surface area (Å²) in [6.45, 7) is 5.28. The fourth-order valence-corrected chi connectivity index (χ4v) is 2.85. The highest BCUT2D eigenvalue weighted by Crippen LogP contribution is 2.23. The molecule has 0 aliphatic heterocycles. The van der Waals surface area contributed by atoms with Crippen LogP contribution in [0.15, 0.2) is 23.2 Å². The van der Waals surface area contributed by atoms with E-state index in [9.17, 15) is 4.39 Å². The lowest BCUT2D eigenvalue weighted by Gasteiger charge is -2.28. The molecule has 0 amide bonds. The number of nitrogens with one attached hydrogen (secondary N) is 2. The molecule has 0 radical (unpaired) electrons. The molecule has 2 N–H and O–H groups in total. The van der Waals surface area contributed by atoms with Crippen molar-refractivity contribution in [3.8, 4) is 6.07 Å². The van der Waals surface area contributed by atoms with E-state index in [1.165, 1.54) is 25.0 Å². The summed E-state index contributed by atoms with van der Waals surface area (Å²) >= 11 is 0. The molecule has 2 rings (SSSR count). The summed E-state index contributed by atoms with van der Waals surface area (Å²) in [7, 11) is 0. The zero-order chi connectivity index (χ0) is 16.7. The molecule has 0 aromatic heterocycles. The highest BCUT2D eigenvalue weighted by Gasteiger charge is 2.18. The minimum absolute atomic E-state index is 0. The molecule has 24 heavy (non-hydrogen) atoms. The van der Waals surface area contributed by atoms with Crippen LogP contribution < -0.4 is 10.6 Å². The summed E-state index contributed by atoms with van der Waals surface area (Å²) in [4.78, 5) is 4.48. The monoisotopic (exact) mass is 444 g/mol. The summed E-state index contributed by atoms with van der Waals surface area (Å²) in [6.07, 6.45) is 4.75. The molecular weight excluding hydrogens is 418 g/mol. The first-order valence-corrected chi connectivity index (χ1v) is 8.35. The first kappa shape index (κ1) is 20.7. The van der Waals surface area contributed by atoms with Crippen LogP contribution in [0.3, 0.4) is 0 Å². The molecular formula is C18H26FIN4. The third kappa shape index (κ3) is 6.27. The van der Waals surface area contributed by atoms with Gasteiger partial charge in [0.15, 0.2) is 5.96 Å². The Morgan fingerprint density at radius 1 is 1.33 bits per heavy atom. The number of guanidine groups is 1. The van der Waals surface area contributed by atoms with Gasteiger partial charge < -0.3 is 10.6 Å². The third-order valence-corrected chi connectivity index (χ3v) is 4.28. The lowest BCUT2D eigenvalue weighted by Crippen LogP contribution is -2.44. The largest absolute Gasteiger partial charge is 0.357 e. The molecule has 132 valence electrons. The van der Waals surface area contributed by atoms with E-state index in [-0.39, 0.29) is 36.3 Å². The minimum Gasteiger partial charge on any atom is -0.357 e. The fourth-order valence-electron chi connectivity index (χ4n) is 2.85. The molecule has 1 fully saturated rings. The highest BCUT2D eigenvalue weighted by molar-refractivity contribution is 14.0. The Bertz CT molecular complexity index is 589. The van der Waals surface area contributed by atoms with Gasteiger partial charge in [-0.3, -0.25) is 0 Å². The van der Waals surface area contributed by atoms with Gasteiger partial charge in [-0.05, 0) is 56.7 Å². The van der Waals surface area contributed by atoms with Crippen LogP contribution in [-0.2, 0) is 6.54 Å². The van der Waals surface area contributed by atoms with Gasteiger partial charge in [-0.15, -0.1) is 24.0 Å². The highest BCUT2D eigenvalue weighted by atomic mass is 127. The number of rotatable bonds is 4. The van der Waals surface area contributed by atoms with Crippen molar-refractivity contribution < 1.29 is 4.39 Å². The van der Waals surface area contributed by atoms with Gasteiger partial charge in [0.1, 0.15) is 5.82 Å². The quantitative estimate of drug-likeness (QED) is 0.420. The van der Waals surface area contributed by atoms with Crippen molar-refractivity contribution >= 4 is 29.9 Å². The van der Waals surface area contributed by atoms with E-state index < -0.39 is 0 Å². The maximum atomic E-state index is 13.8.